The maximum absolute atomic E-state index is 13.3. The van der Waals surface area contributed by atoms with Crippen LogP contribution in [-0.2, 0) is 27.8 Å². The van der Waals surface area contributed by atoms with Crippen molar-refractivity contribution in [2.45, 2.75) is 24.7 Å². The number of carboxylic acid groups (broad SMARTS) is 1. The maximum atomic E-state index is 13.3. The van der Waals surface area contributed by atoms with Crippen molar-refractivity contribution in [3.8, 4) is 11.5 Å². The molecule has 3 aromatic rings. The van der Waals surface area contributed by atoms with Gasteiger partial charge >= 0.3 is 5.97 Å². The third-order valence-corrected chi connectivity index (χ3v) is 7.26. The second-order valence-corrected chi connectivity index (χ2v) is 9.60. The van der Waals surface area contributed by atoms with Crippen molar-refractivity contribution in [1.82, 2.24) is 0 Å². The number of methoxy groups -OCH3 is 1. The summed E-state index contributed by atoms with van der Waals surface area (Å²) < 4.78 is 17.2. The first-order valence-corrected chi connectivity index (χ1v) is 11.7. The molecule has 0 saturated carbocycles. The number of hydrogen-bond donors (Lipinski definition) is 1. The Hall–Kier alpha value is -3.64. The van der Waals surface area contributed by atoms with Gasteiger partial charge in [-0.2, -0.15) is 0 Å². The van der Waals surface area contributed by atoms with Crippen LogP contribution in [0.3, 0.4) is 0 Å². The van der Waals surface area contributed by atoms with E-state index in [1.807, 2.05) is 42.5 Å². The molecule has 1 N–H and O–H groups in total. The summed E-state index contributed by atoms with van der Waals surface area (Å²) in [6, 6.07) is 22.8. The van der Waals surface area contributed by atoms with E-state index < -0.39 is 11.4 Å². The normalized spacial score (nSPS) is 17.2. The number of Topliss-reactive ketones (excluding diaryl/α,β-unsaturated/α-hetero) is 1. The van der Waals surface area contributed by atoms with Crippen molar-refractivity contribution in [2.75, 3.05) is 26.9 Å². The number of rotatable bonds is 9. The van der Waals surface area contributed by atoms with Crippen LogP contribution in [0.25, 0.3) is 0 Å². The van der Waals surface area contributed by atoms with Gasteiger partial charge in [0.2, 0.25) is 0 Å². The van der Waals surface area contributed by atoms with Crippen LogP contribution in [0, 0.1) is 5.41 Å². The first kappa shape index (κ1) is 23.1. The molecule has 0 aromatic heterocycles. The van der Waals surface area contributed by atoms with Gasteiger partial charge in [0.1, 0.15) is 6.61 Å². The van der Waals surface area contributed by atoms with Gasteiger partial charge in [0.15, 0.2) is 17.3 Å². The molecule has 1 heterocycles. The minimum Gasteiger partial charge on any atom is -0.493 e. The number of benzene rings is 3. The van der Waals surface area contributed by atoms with Crippen LogP contribution >= 0.6 is 0 Å². The Kier molecular flexibility index (Phi) is 6.07. The quantitative estimate of drug-likeness (QED) is 0.463. The number of ketones is 1. The van der Waals surface area contributed by atoms with Crippen molar-refractivity contribution in [3.05, 3.63) is 95.1 Å². The van der Waals surface area contributed by atoms with E-state index in [2.05, 4.69) is 12.1 Å². The van der Waals surface area contributed by atoms with E-state index in [0.717, 1.165) is 16.7 Å². The molecule has 1 aliphatic carbocycles. The van der Waals surface area contributed by atoms with Crippen molar-refractivity contribution in [3.63, 3.8) is 0 Å². The second-order valence-electron chi connectivity index (χ2n) is 9.60. The fourth-order valence-corrected chi connectivity index (χ4v) is 5.11. The van der Waals surface area contributed by atoms with Gasteiger partial charge in [0.25, 0.3) is 0 Å². The zero-order chi connectivity index (χ0) is 24.5. The van der Waals surface area contributed by atoms with Gasteiger partial charge in [-0.05, 0) is 47.7 Å². The average molecular weight is 473 g/mol. The van der Waals surface area contributed by atoms with E-state index in [9.17, 15) is 14.7 Å². The van der Waals surface area contributed by atoms with Gasteiger partial charge in [0.05, 0.1) is 31.2 Å². The molecule has 1 aliphatic heterocycles. The number of carbonyl (C=O) groups is 2. The van der Waals surface area contributed by atoms with Gasteiger partial charge in [0, 0.05) is 12.0 Å². The summed E-state index contributed by atoms with van der Waals surface area (Å²) in [7, 11) is 1.55. The fraction of sp³-hybridized carbons (Fsp3) is 0.310. The molecule has 0 atom stereocenters. The molecule has 0 spiro atoms. The Balaban J connectivity index is 1.36. The Bertz CT molecular complexity index is 1220. The first-order valence-electron chi connectivity index (χ1n) is 11.7. The molecular weight excluding hydrogens is 444 g/mol. The summed E-state index contributed by atoms with van der Waals surface area (Å²) in [6.45, 7) is 1.48. The minimum absolute atomic E-state index is 0.0788. The summed E-state index contributed by atoms with van der Waals surface area (Å²) in [6.07, 6.45) is 0.622. The van der Waals surface area contributed by atoms with Crippen LogP contribution in [0.5, 0.6) is 11.5 Å². The molecule has 2 aliphatic rings. The van der Waals surface area contributed by atoms with Crippen LogP contribution in [0.2, 0.25) is 0 Å². The summed E-state index contributed by atoms with van der Waals surface area (Å²) in [4.78, 5) is 25.6. The Morgan fingerprint density at radius 1 is 0.914 bits per heavy atom. The highest BCUT2D eigenvalue weighted by Gasteiger charge is 2.46. The van der Waals surface area contributed by atoms with E-state index in [1.165, 1.54) is 0 Å². The van der Waals surface area contributed by atoms with Crippen molar-refractivity contribution in [2.24, 2.45) is 5.41 Å². The maximum Gasteiger partial charge on any atom is 0.310 e. The van der Waals surface area contributed by atoms with E-state index in [1.54, 1.807) is 25.3 Å². The molecule has 180 valence electrons. The predicted molar refractivity (Wildman–Crippen MR) is 130 cm³/mol. The summed E-state index contributed by atoms with van der Waals surface area (Å²) in [5.41, 5.74) is 2.15. The van der Waals surface area contributed by atoms with Crippen LogP contribution in [-0.4, -0.2) is 43.8 Å². The average Bonchev–Trinajstić information content (AvgIpc) is 3.23. The monoisotopic (exact) mass is 472 g/mol. The predicted octanol–water partition coefficient (Wildman–Crippen LogP) is 4.48. The summed E-state index contributed by atoms with van der Waals surface area (Å²) in [5.74, 6) is -0.190. The first-order chi connectivity index (χ1) is 16.9. The zero-order valence-corrected chi connectivity index (χ0v) is 19.7. The molecule has 0 amide bonds. The standard InChI is InChI=1S/C29H28O6/c1-33-25-12-11-20(13-26(25)35-19-29(17-34-18-29)23-9-3-2-4-10-23)24(30)16-28(27(31)32)14-21-7-5-6-8-22(21)15-28/h2-13H,14-19H2,1H3,(H,31,32). The lowest BCUT2D eigenvalue weighted by Gasteiger charge is -2.41. The number of aliphatic carboxylic acids is 1. The number of carboxylic acids is 1. The molecule has 3 aromatic carbocycles. The van der Waals surface area contributed by atoms with Gasteiger partial charge in [-0.15, -0.1) is 0 Å². The van der Waals surface area contributed by atoms with Crippen molar-refractivity contribution in [1.29, 1.82) is 0 Å². The van der Waals surface area contributed by atoms with Gasteiger partial charge < -0.3 is 19.3 Å². The number of hydrogen-bond acceptors (Lipinski definition) is 5. The zero-order valence-electron chi connectivity index (χ0n) is 19.7. The van der Waals surface area contributed by atoms with Gasteiger partial charge in [-0.3, -0.25) is 9.59 Å². The highest BCUT2D eigenvalue weighted by atomic mass is 16.5. The molecule has 6 heteroatoms. The number of carbonyl (C=O) groups excluding carboxylic acids is 1. The van der Waals surface area contributed by atoms with E-state index in [0.29, 0.717) is 49.7 Å². The van der Waals surface area contributed by atoms with Crippen LogP contribution in [0.15, 0.2) is 72.8 Å². The van der Waals surface area contributed by atoms with Crippen molar-refractivity contribution < 1.29 is 28.9 Å². The largest absolute Gasteiger partial charge is 0.493 e. The highest BCUT2D eigenvalue weighted by Crippen LogP contribution is 2.42. The third kappa shape index (κ3) is 4.30. The van der Waals surface area contributed by atoms with E-state index in [-0.39, 0.29) is 17.6 Å². The van der Waals surface area contributed by atoms with Gasteiger partial charge in [-0.1, -0.05) is 54.6 Å². The van der Waals surface area contributed by atoms with E-state index >= 15 is 0 Å². The molecule has 6 nitrogen and oxygen atoms in total. The lowest BCUT2D eigenvalue weighted by Crippen LogP contribution is -2.51. The second kappa shape index (κ2) is 9.19. The van der Waals surface area contributed by atoms with Crippen LogP contribution in [0.1, 0.15) is 33.5 Å². The van der Waals surface area contributed by atoms with Crippen LogP contribution < -0.4 is 9.47 Å². The lowest BCUT2D eigenvalue weighted by molar-refractivity contribution is -0.148. The molecular formula is C29H28O6. The molecule has 5 rings (SSSR count). The molecule has 35 heavy (non-hydrogen) atoms. The van der Waals surface area contributed by atoms with Gasteiger partial charge in [-0.25, -0.2) is 0 Å². The van der Waals surface area contributed by atoms with Crippen LogP contribution in [0.4, 0.5) is 0 Å². The number of ether oxygens (including phenoxy) is 3. The minimum atomic E-state index is -1.14. The molecule has 0 radical (unpaired) electrons. The Morgan fingerprint density at radius 3 is 2.14 bits per heavy atom. The lowest BCUT2D eigenvalue weighted by atomic mass is 9.78. The topological polar surface area (TPSA) is 82.1 Å². The molecule has 0 bridgehead atoms. The van der Waals surface area contributed by atoms with E-state index in [4.69, 9.17) is 14.2 Å². The third-order valence-electron chi connectivity index (χ3n) is 7.26. The van der Waals surface area contributed by atoms with Crippen molar-refractivity contribution >= 4 is 11.8 Å². The molecule has 1 fully saturated rings. The highest BCUT2D eigenvalue weighted by molar-refractivity contribution is 5.99. The fourth-order valence-electron chi connectivity index (χ4n) is 5.11. The SMILES string of the molecule is COc1ccc(C(=O)CC2(C(=O)O)Cc3ccccc3C2)cc1OCC1(c2ccccc2)COC1. The Morgan fingerprint density at radius 2 is 1.57 bits per heavy atom. The molecule has 0 unspecified atom stereocenters. The summed E-state index contributed by atoms with van der Waals surface area (Å²) in [5, 5.41) is 10.1. The Labute approximate surface area is 204 Å². The smallest absolute Gasteiger partial charge is 0.310 e. The molecule has 1 saturated heterocycles. The summed E-state index contributed by atoms with van der Waals surface area (Å²) >= 11 is 0. The number of fused-ring (bicyclic) bond motifs is 1.